The highest BCUT2D eigenvalue weighted by atomic mass is 16.4. The molecule has 1 unspecified atom stereocenters. The molecule has 0 amide bonds. The van der Waals surface area contributed by atoms with Gasteiger partial charge in [0.2, 0.25) is 0 Å². The highest BCUT2D eigenvalue weighted by Crippen LogP contribution is 2.27. The zero-order chi connectivity index (χ0) is 26.8. The number of piperazine rings is 1. The molecule has 1 fully saturated rings. The summed E-state index contributed by atoms with van der Waals surface area (Å²) in [5.41, 5.74) is 4.47. The van der Waals surface area contributed by atoms with Crippen molar-refractivity contribution in [2.75, 3.05) is 41.3 Å². The van der Waals surface area contributed by atoms with Gasteiger partial charge < -0.3 is 20.2 Å². The van der Waals surface area contributed by atoms with Crippen LogP contribution in [-0.2, 0) is 0 Å². The second kappa shape index (κ2) is 10.3. The van der Waals surface area contributed by atoms with E-state index in [9.17, 15) is 14.7 Å². The SMILES string of the molecule is Cc1cc(C(C)Nc2ccccc2C(=O)O)c2nc(N3CCN(c4ccc(C#N)cc4)CC3)cc(=O)n2c1. The Labute approximate surface area is 220 Å². The van der Waals surface area contributed by atoms with Crippen molar-refractivity contribution in [3.8, 4) is 6.07 Å². The quantitative estimate of drug-likeness (QED) is 0.401. The molecule has 0 bridgehead atoms. The number of nitrogens with zero attached hydrogens (tertiary/aromatic N) is 5. The first-order valence-electron chi connectivity index (χ1n) is 12.5. The predicted molar refractivity (Wildman–Crippen MR) is 147 cm³/mol. The molecule has 192 valence electrons. The number of carbonyl (C=O) groups is 1. The number of fused-ring (bicyclic) bond motifs is 1. The van der Waals surface area contributed by atoms with Crippen molar-refractivity contribution in [1.29, 1.82) is 5.26 Å². The molecule has 9 heteroatoms. The van der Waals surface area contributed by atoms with Gasteiger partial charge >= 0.3 is 5.97 Å². The molecule has 2 N–H and O–H groups in total. The molecule has 0 aliphatic carbocycles. The first-order valence-corrected chi connectivity index (χ1v) is 12.5. The summed E-state index contributed by atoms with van der Waals surface area (Å²) in [6.07, 6.45) is 1.78. The van der Waals surface area contributed by atoms with Crippen LogP contribution in [0.5, 0.6) is 0 Å². The van der Waals surface area contributed by atoms with E-state index in [-0.39, 0.29) is 17.2 Å². The van der Waals surface area contributed by atoms with Crippen LogP contribution in [0.4, 0.5) is 17.2 Å². The number of aromatic carboxylic acids is 1. The standard InChI is InChI=1S/C29H28N6O3/c1-19-15-24(20(2)31-25-6-4-3-5-23(25)29(37)38)28-32-26(16-27(36)35(28)18-19)34-13-11-33(12-14-34)22-9-7-21(17-30)8-10-22/h3-10,15-16,18,20,31H,11-14H2,1-2H3,(H,37,38). The third kappa shape index (κ3) is 4.89. The monoisotopic (exact) mass is 508 g/mol. The lowest BCUT2D eigenvalue weighted by Crippen LogP contribution is -2.47. The molecule has 4 aromatic rings. The predicted octanol–water partition coefficient (Wildman–Crippen LogP) is 4.07. The van der Waals surface area contributed by atoms with Gasteiger partial charge in [-0.2, -0.15) is 5.26 Å². The molecule has 1 aliphatic heterocycles. The fourth-order valence-corrected chi connectivity index (χ4v) is 4.89. The maximum atomic E-state index is 13.2. The molecule has 1 saturated heterocycles. The Morgan fingerprint density at radius 3 is 2.42 bits per heavy atom. The van der Waals surface area contributed by atoms with Crippen LogP contribution < -0.4 is 20.7 Å². The summed E-state index contributed by atoms with van der Waals surface area (Å²) in [5.74, 6) is -0.385. The fourth-order valence-electron chi connectivity index (χ4n) is 4.89. The zero-order valence-electron chi connectivity index (χ0n) is 21.3. The molecule has 0 spiro atoms. The number of nitrogens with one attached hydrogen (secondary N) is 1. The lowest BCUT2D eigenvalue weighted by Gasteiger charge is -2.36. The molecule has 2 aromatic heterocycles. The number of carboxylic acid groups (broad SMARTS) is 1. The van der Waals surface area contributed by atoms with Crippen LogP contribution in [0.2, 0.25) is 0 Å². The van der Waals surface area contributed by atoms with Gasteiger partial charge in [0, 0.05) is 55.4 Å². The largest absolute Gasteiger partial charge is 0.478 e. The van der Waals surface area contributed by atoms with Crippen LogP contribution >= 0.6 is 0 Å². The number of aromatic nitrogens is 2. The van der Waals surface area contributed by atoms with Gasteiger partial charge in [0.25, 0.3) is 5.56 Å². The van der Waals surface area contributed by atoms with Crippen LogP contribution in [0.1, 0.15) is 40.0 Å². The van der Waals surface area contributed by atoms with Crippen molar-refractivity contribution in [1.82, 2.24) is 9.38 Å². The minimum absolute atomic E-state index is 0.164. The average Bonchev–Trinajstić information content (AvgIpc) is 2.93. The fraction of sp³-hybridized carbons (Fsp3) is 0.241. The number of para-hydroxylation sites is 1. The zero-order valence-corrected chi connectivity index (χ0v) is 21.3. The number of hydrogen-bond donors (Lipinski definition) is 2. The molecule has 0 radical (unpaired) electrons. The van der Waals surface area contributed by atoms with Crippen molar-refractivity contribution in [2.45, 2.75) is 19.9 Å². The van der Waals surface area contributed by atoms with Gasteiger partial charge in [-0.25, -0.2) is 9.78 Å². The summed E-state index contributed by atoms with van der Waals surface area (Å²) in [6, 6.07) is 19.7. The molecule has 1 aliphatic rings. The number of carboxylic acids is 1. The number of rotatable bonds is 6. The Kier molecular flexibility index (Phi) is 6.71. The van der Waals surface area contributed by atoms with Crippen molar-refractivity contribution in [3.05, 3.63) is 99.5 Å². The maximum absolute atomic E-state index is 13.2. The van der Waals surface area contributed by atoms with Crippen molar-refractivity contribution in [3.63, 3.8) is 0 Å². The molecule has 1 atom stereocenters. The van der Waals surface area contributed by atoms with Gasteiger partial charge in [0.15, 0.2) is 0 Å². The highest BCUT2D eigenvalue weighted by Gasteiger charge is 2.22. The smallest absolute Gasteiger partial charge is 0.337 e. The van der Waals surface area contributed by atoms with E-state index in [0.717, 1.165) is 29.9 Å². The van der Waals surface area contributed by atoms with Gasteiger partial charge in [0.1, 0.15) is 11.5 Å². The van der Waals surface area contributed by atoms with Crippen molar-refractivity contribution >= 4 is 28.8 Å². The highest BCUT2D eigenvalue weighted by molar-refractivity contribution is 5.94. The minimum atomic E-state index is -1.01. The van der Waals surface area contributed by atoms with Crippen LogP contribution in [0.15, 0.2) is 71.7 Å². The number of pyridine rings is 1. The molecular weight excluding hydrogens is 480 g/mol. The number of hydrogen-bond acceptors (Lipinski definition) is 7. The summed E-state index contributed by atoms with van der Waals surface area (Å²) in [5, 5.41) is 21.9. The first kappa shape index (κ1) is 24.8. The maximum Gasteiger partial charge on any atom is 0.337 e. The molecule has 5 rings (SSSR count). The third-order valence-electron chi connectivity index (χ3n) is 6.87. The topological polar surface area (TPSA) is 114 Å². The molecule has 2 aromatic carbocycles. The Morgan fingerprint density at radius 2 is 1.74 bits per heavy atom. The summed E-state index contributed by atoms with van der Waals surface area (Å²) in [4.78, 5) is 34.2. The normalized spacial score (nSPS) is 14.2. The number of aryl methyl sites for hydroxylation is 1. The van der Waals surface area contributed by atoms with E-state index in [1.807, 2.05) is 44.2 Å². The Balaban J connectivity index is 1.43. The molecular formula is C29H28N6O3. The molecule has 3 heterocycles. The van der Waals surface area contributed by atoms with Gasteiger partial charge in [-0.15, -0.1) is 0 Å². The van der Waals surface area contributed by atoms with Gasteiger partial charge in [-0.1, -0.05) is 12.1 Å². The lowest BCUT2D eigenvalue weighted by molar-refractivity contribution is 0.0698. The van der Waals surface area contributed by atoms with Crippen LogP contribution in [-0.4, -0.2) is 46.6 Å². The third-order valence-corrected chi connectivity index (χ3v) is 6.87. The number of nitriles is 1. The Morgan fingerprint density at radius 1 is 1.05 bits per heavy atom. The van der Waals surface area contributed by atoms with Gasteiger partial charge in [-0.3, -0.25) is 9.20 Å². The van der Waals surface area contributed by atoms with E-state index in [1.54, 1.807) is 40.9 Å². The van der Waals surface area contributed by atoms with E-state index in [1.165, 1.54) is 0 Å². The van der Waals surface area contributed by atoms with Crippen LogP contribution in [0.3, 0.4) is 0 Å². The van der Waals surface area contributed by atoms with E-state index < -0.39 is 5.97 Å². The van der Waals surface area contributed by atoms with Crippen LogP contribution in [0.25, 0.3) is 5.65 Å². The second-order valence-electron chi connectivity index (χ2n) is 9.47. The van der Waals surface area contributed by atoms with Crippen molar-refractivity contribution in [2.24, 2.45) is 0 Å². The van der Waals surface area contributed by atoms with E-state index in [0.29, 0.717) is 35.8 Å². The Bertz CT molecular complexity index is 1600. The van der Waals surface area contributed by atoms with Gasteiger partial charge in [-0.05, 0) is 61.9 Å². The van der Waals surface area contributed by atoms with Gasteiger partial charge in [0.05, 0.1) is 23.2 Å². The van der Waals surface area contributed by atoms with E-state index in [2.05, 4.69) is 21.2 Å². The number of anilines is 3. The van der Waals surface area contributed by atoms with Crippen molar-refractivity contribution < 1.29 is 9.90 Å². The molecule has 38 heavy (non-hydrogen) atoms. The molecule has 9 nitrogen and oxygen atoms in total. The van der Waals surface area contributed by atoms with E-state index >= 15 is 0 Å². The summed E-state index contributed by atoms with van der Waals surface area (Å²) in [6.45, 7) is 6.77. The van der Waals surface area contributed by atoms with E-state index in [4.69, 9.17) is 10.2 Å². The number of benzene rings is 2. The van der Waals surface area contributed by atoms with Crippen LogP contribution in [0, 0.1) is 18.3 Å². The minimum Gasteiger partial charge on any atom is -0.478 e. The Hall–Kier alpha value is -4.84. The second-order valence-corrected chi connectivity index (χ2v) is 9.47. The first-order chi connectivity index (χ1) is 18.3. The summed E-state index contributed by atoms with van der Waals surface area (Å²) < 4.78 is 1.56. The average molecular weight is 509 g/mol. The summed E-state index contributed by atoms with van der Waals surface area (Å²) in [7, 11) is 0. The summed E-state index contributed by atoms with van der Waals surface area (Å²) >= 11 is 0. The lowest BCUT2D eigenvalue weighted by atomic mass is 10.1. The molecule has 0 saturated carbocycles.